The number of carbonyl (C=O) groups excluding carboxylic acids is 1. The van der Waals surface area contributed by atoms with E-state index in [2.05, 4.69) is 23.6 Å². The molecule has 2 heterocycles. The molecule has 144 valence electrons. The third-order valence-electron chi connectivity index (χ3n) is 6.20. The van der Waals surface area contributed by atoms with E-state index in [-0.39, 0.29) is 5.91 Å². The van der Waals surface area contributed by atoms with Crippen LogP contribution in [0.1, 0.15) is 43.9 Å². The van der Waals surface area contributed by atoms with Crippen LogP contribution >= 0.6 is 0 Å². The second-order valence-electron chi connectivity index (χ2n) is 8.07. The Morgan fingerprint density at radius 2 is 1.62 bits per heavy atom. The Morgan fingerprint density at radius 3 is 2.19 bits per heavy atom. The van der Waals surface area contributed by atoms with Crippen molar-refractivity contribution in [2.75, 3.05) is 39.3 Å². The molecule has 0 aliphatic carbocycles. The van der Waals surface area contributed by atoms with E-state index in [1.54, 1.807) is 0 Å². The summed E-state index contributed by atoms with van der Waals surface area (Å²) < 4.78 is 0. The average Bonchev–Trinajstić information content (AvgIpc) is 2.98. The first-order chi connectivity index (χ1) is 12.5. The predicted molar refractivity (Wildman–Crippen MR) is 106 cm³/mol. The van der Waals surface area contributed by atoms with E-state index < -0.39 is 6.04 Å². The van der Waals surface area contributed by atoms with Gasteiger partial charge in [0.25, 0.3) is 0 Å². The molecule has 2 aliphatic rings. The number of piperazine rings is 1. The molecule has 2 fully saturated rings. The first-order valence-corrected chi connectivity index (χ1v) is 10.0. The topological polar surface area (TPSA) is 52.8 Å². The summed E-state index contributed by atoms with van der Waals surface area (Å²) in [5.41, 5.74) is 8.30. The number of amides is 1. The Hall–Kier alpha value is -1.43. The van der Waals surface area contributed by atoms with Gasteiger partial charge in [0.15, 0.2) is 0 Å². The smallest absolute Gasteiger partial charge is 0.244 e. The molecular formula is C21H34N4O. The highest BCUT2D eigenvalue weighted by molar-refractivity contribution is 5.83. The number of likely N-dealkylation sites (tertiary alicyclic amines) is 1. The lowest BCUT2D eigenvalue weighted by Crippen LogP contribution is -2.52. The zero-order chi connectivity index (χ0) is 18.7. The number of carbonyl (C=O) groups is 1. The molecule has 2 aliphatic heterocycles. The van der Waals surface area contributed by atoms with E-state index in [9.17, 15) is 4.79 Å². The number of nitrogens with zero attached hydrogens (tertiary/aromatic N) is 3. The van der Waals surface area contributed by atoms with Crippen LogP contribution in [0.25, 0.3) is 0 Å². The normalized spacial score (nSPS) is 26.2. The van der Waals surface area contributed by atoms with Gasteiger partial charge in [0, 0.05) is 51.4 Å². The zero-order valence-corrected chi connectivity index (χ0v) is 16.5. The molecule has 5 nitrogen and oxygen atoms in total. The van der Waals surface area contributed by atoms with E-state index in [0.717, 1.165) is 44.8 Å². The lowest BCUT2D eigenvalue weighted by atomic mass is 10.0. The SMILES string of the molecule is Cc1ccc(C(N)C(=O)N2CCN(CCN3C(C)CCC3C)CC2)cc1. The molecule has 2 N–H and O–H groups in total. The van der Waals surface area contributed by atoms with Crippen molar-refractivity contribution in [3.05, 3.63) is 35.4 Å². The van der Waals surface area contributed by atoms with Crippen LogP contribution < -0.4 is 5.73 Å². The Labute approximate surface area is 158 Å². The van der Waals surface area contributed by atoms with Gasteiger partial charge in [0.05, 0.1) is 0 Å². The molecule has 1 aromatic carbocycles. The van der Waals surface area contributed by atoms with Crippen molar-refractivity contribution in [1.82, 2.24) is 14.7 Å². The molecule has 1 amide bonds. The second kappa shape index (κ2) is 8.51. The third kappa shape index (κ3) is 4.45. The van der Waals surface area contributed by atoms with Crippen molar-refractivity contribution in [2.24, 2.45) is 5.73 Å². The summed E-state index contributed by atoms with van der Waals surface area (Å²) in [4.78, 5) is 19.8. The summed E-state index contributed by atoms with van der Waals surface area (Å²) in [5, 5.41) is 0. The maximum atomic E-state index is 12.7. The summed E-state index contributed by atoms with van der Waals surface area (Å²) in [7, 11) is 0. The Bertz CT molecular complexity index is 585. The molecule has 0 radical (unpaired) electrons. The maximum Gasteiger partial charge on any atom is 0.244 e. The van der Waals surface area contributed by atoms with Crippen LogP contribution in [-0.2, 0) is 4.79 Å². The predicted octanol–water partition coefficient (Wildman–Crippen LogP) is 2.01. The summed E-state index contributed by atoms with van der Waals surface area (Å²) in [5.74, 6) is 0.0512. The highest BCUT2D eigenvalue weighted by Crippen LogP contribution is 2.23. The van der Waals surface area contributed by atoms with Gasteiger partial charge in [-0.15, -0.1) is 0 Å². The Balaban J connectivity index is 1.45. The molecular weight excluding hydrogens is 324 g/mol. The highest BCUT2D eigenvalue weighted by atomic mass is 16.2. The fourth-order valence-corrected chi connectivity index (χ4v) is 4.25. The van der Waals surface area contributed by atoms with Crippen LogP contribution in [-0.4, -0.2) is 72.0 Å². The fraction of sp³-hybridized carbons (Fsp3) is 0.667. The maximum absolute atomic E-state index is 12.7. The molecule has 3 rings (SSSR count). The minimum atomic E-state index is -0.548. The molecule has 26 heavy (non-hydrogen) atoms. The van der Waals surface area contributed by atoms with Crippen molar-refractivity contribution in [1.29, 1.82) is 0 Å². The van der Waals surface area contributed by atoms with E-state index >= 15 is 0 Å². The molecule has 0 saturated carbocycles. The first kappa shape index (κ1) is 19.3. The van der Waals surface area contributed by atoms with Crippen LogP contribution in [0, 0.1) is 6.92 Å². The van der Waals surface area contributed by atoms with Gasteiger partial charge in [-0.05, 0) is 39.2 Å². The minimum Gasteiger partial charge on any atom is -0.338 e. The molecule has 0 bridgehead atoms. The Kier molecular flexibility index (Phi) is 6.33. The second-order valence-corrected chi connectivity index (χ2v) is 8.07. The van der Waals surface area contributed by atoms with E-state index in [0.29, 0.717) is 12.1 Å². The molecule has 0 spiro atoms. The number of hydrogen-bond acceptors (Lipinski definition) is 4. The van der Waals surface area contributed by atoms with Crippen molar-refractivity contribution < 1.29 is 4.79 Å². The first-order valence-electron chi connectivity index (χ1n) is 10.0. The average molecular weight is 359 g/mol. The monoisotopic (exact) mass is 358 g/mol. The van der Waals surface area contributed by atoms with Gasteiger partial charge in [-0.25, -0.2) is 0 Å². The van der Waals surface area contributed by atoms with Crippen molar-refractivity contribution in [3.63, 3.8) is 0 Å². The Morgan fingerprint density at radius 1 is 1.04 bits per heavy atom. The summed E-state index contributed by atoms with van der Waals surface area (Å²) >= 11 is 0. The minimum absolute atomic E-state index is 0.0512. The van der Waals surface area contributed by atoms with Crippen LogP contribution in [0.3, 0.4) is 0 Å². The van der Waals surface area contributed by atoms with Gasteiger partial charge in [0.1, 0.15) is 6.04 Å². The van der Waals surface area contributed by atoms with Crippen molar-refractivity contribution in [2.45, 2.75) is 51.7 Å². The van der Waals surface area contributed by atoms with Crippen LogP contribution in [0.15, 0.2) is 24.3 Å². The van der Waals surface area contributed by atoms with Gasteiger partial charge in [-0.1, -0.05) is 29.8 Å². The number of benzene rings is 1. The largest absolute Gasteiger partial charge is 0.338 e. The van der Waals surface area contributed by atoms with Gasteiger partial charge >= 0.3 is 0 Å². The molecule has 3 unspecified atom stereocenters. The number of nitrogens with two attached hydrogens (primary N) is 1. The molecule has 3 atom stereocenters. The lowest BCUT2D eigenvalue weighted by molar-refractivity contribution is -0.134. The highest BCUT2D eigenvalue weighted by Gasteiger charge is 2.29. The van der Waals surface area contributed by atoms with E-state index in [1.165, 1.54) is 18.4 Å². The lowest BCUT2D eigenvalue weighted by Gasteiger charge is -2.37. The van der Waals surface area contributed by atoms with E-state index in [1.807, 2.05) is 36.1 Å². The number of aryl methyl sites for hydroxylation is 1. The third-order valence-corrected chi connectivity index (χ3v) is 6.20. The quantitative estimate of drug-likeness (QED) is 0.875. The van der Waals surface area contributed by atoms with E-state index in [4.69, 9.17) is 5.73 Å². The summed E-state index contributed by atoms with van der Waals surface area (Å²) in [6.45, 7) is 12.4. The van der Waals surface area contributed by atoms with Crippen molar-refractivity contribution >= 4 is 5.91 Å². The molecule has 1 aromatic rings. The van der Waals surface area contributed by atoms with Gasteiger partial charge in [-0.3, -0.25) is 14.6 Å². The summed E-state index contributed by atoms with van der Waals surface area (Å²) in [6.07, 6.45) is 2.64. The fourth-order valence-electron chi connectivity index (χ4n) is 4.25. The molecule has 0 aromatic heterocycles. The number of rotatable bonds is 5. The standard InChI is InChI=1S/C21H34N4O/c1-16-4-8-19(9-5-16)20(22)21(26)24-13-10-23(11-14-24)12-15-25-17(2)6-7-18(25)3/h4-5,8-9,17-18,20H,6-7,10-15,22H2,1-3H3. The zero-order valence-electron chi connectivity index (χ0n) is 16.5. The van der Waals surface area contributed by atoms with Gasteiger partial charge < -0.3 is 10.6 Å². The van der Waals surface area contributed by atoms with Gasteiger partial charge in [0.2, 0.25) is 5.91 Å². The number of hydrogen-bond donors (Lipinski definition) is 1. The summed E-state index contributed by atoms with van der Waals surface area (Å²) in [6, 6.07) is 8.83. The van der Waals surface area contributed by atoms with Crippen LogP contribution in [0.5, 0.6) is 0 Å². The molecule has 2 saturated heterocycles. The molecule has 5 heteroatoms. The van der Waals surface area contributed by atoms with Gasteiger partial charge in [-0.2, -0.15) is 0 Å². The van der Waals surface area contributed by atoms with Crippen LogP contribution in [0.4, 0.5) is 0 Å². The van der Waals surface area contributed by atoms with Crippen molar-refractivity contribution in [3.8, 4) is 0 Å². The van der Waals surface area contributed by atoms with Crippen LogP contribution in [0.2, 0.25) is 0 Å².